The van der Waals surface area contributed by atoms with E-state index in [-0.39, 0.29) is 5.91 Å². The minimum absolute atomic E-state index is 0.113. The fraction of sp³-hybridized carbons (Fsp3) is 0.350. The quantitative estimate of drug-likeness (QED) is 0.871. The van der Waals surface area contributed by atoms with Crippen LogP contribution < -0.4 is 4.90 Å². The molecule has 0 saturated carbocycles. The summed E-state index contributed by atoms with van der Waals surface area (Å²) in [6.45, 7) is 11.1. The Kier molecular flexibility index (Phi) is 4.84. The Bertz CT molecular complexity index is 733. The summed E-state index contributed by atoms with van der Waals surface area (Å²) in [7, 11) is 0. The van der Waals surface area contributed by atoms with Crippen molar-refractivity contribution < 1.29 is 4.79 Å². The van der Waals surface area contributed by atoms with Crippen molar-refractivity contribution in [2.24, 2.45) is 0 Å². The molecule has 0 bridgehead atoms. The van der Waals surface area contributed by atoms with Crippen molar-refractivity contribution in [2.75, 3.05) is 31.1 Å². The minimum atomic E-state index is 0.113. The van der Waals surface area contributed by atoms with Gasteiger partial charge in [0.1, 0.15) is 5.82 Å². The Morgan fingerprint density at radius 3 is 2.54 bits per heavy atom. The number of hydrogen-bond acceptors (Lipinski definition) is 3. The summed E-state index contributed by atoms with van der Waals surface area (Å²) in [5.41, 5.74) is 4.17. The Hall–Kier alpha value is -2.36. The zero-order valence-corrected chi connectivity index (χ0v) is 14.5. The Balaban J connectivity index is 1.69. The molecular weight excluding hydrogens is 298 g/mol. The highest BCUT2D eigenvalue weighted by Crippen LogP contribution is 2.20. The molecule has 2 aromatic rings. The molecule has 1 aliphatic rings. The van der Waals surface area contributed by atoms with Crippen LogP contribution in [-0.4, -0.2) is 42.0 Å². The molecule has 0 aliphatic carbocycles. The largest absolute Gasteiger partial charge is 0.353 e. The van der Waals surface area contributed by atoms with Crippen LogP contribution in [-0.2, 0) is 6.42 Å². The van der Waals surface area contributed by atoms with Gasteiger partial charge in [0.2, 0.25) is 0 Å². The Morgan fingerprint density at radius 1 is 1.17 bits per heavy atom. The molecule has 0 atom stereocenters. The molecule has 1 saturated heterocycles. The van der Waals surface area contributed by atoms with Gasteiger partial charge in [0.15, 0.2) is 0 Å². The van der Waals surface area contributed by atoms with Crippen LogP contribution in [0.1, 0.15) is 27.0 Å². The number of aromatic nitrogens is 1. The van der Waals surface area contributed by atoms with Gasteiger partial charge in [-0.3, -0.25) is 4.79 Å². The maximum absolute atomic E-state index is 12.8. The number of carbonyl (C=O) groups excluding carboxylic acids is 1. The van der Waals surface area contributed by atoms with E-state index in [1.165, 1.54) is 11.1 Å². The second-order valence-corrected chi connectivity index (χ2v) is 6.34. The minimum Gasteiger partial charge on any atom is -0.353 e. The van der Waals surface area contributed by atoms with Crippen LogP contribution in [0.3, 0.4) is 0 Å². The monoisotopic (exact) mass is 322 g/mol. The fourth-order valence-corrected chi connectivity index (χ4v) is 3.28. The Labute approximate surface area is 144 Å². The second kappa shape index (κ2) is 7.04. The SMILES string of the molecule is [CH2]Cc1ccccc1C(=O)N1CCN(c2ncc(C)cc2C)CC1. The lowest BCUT2D eigenvalue weighted by molar-refractivity contribution is 0.0745. The molecule has 2 heterocycles. The van der Waals surface area contributed by atoms with Crippen LogP contribution in [0.25, 0.3) is 0 Å². The lowest BCUT2D eigenvalue weighted by Gasteiger charge is -2.36. The number of aryl methyl sites for hydroxylation is 2. The third-order valence-electron chi connectivity index (χ3n) is 4.57. The van der Waals surface area contributed by atoms with E-state index in [2.05, 4.69) is 36.7 Å². The molecule has 3 rings (SSSR count). The highest BCUT2D eigenvalue weighted by molar-refractivity contribution is 5.95. The van der Waals surface area contributed by atoms with E-state index in [1.807, 2.05) is 35.4 Å². The average Bonchev–Trinajstić information content (AvgIpc) is 2.61. The van der Waals surface area contributed by atoms with Gasteiger partial charge in [-0.1, -0.05) is 24.3 Å². The summed E-state index contributed by atoms with van der Waals surface area (Å²) in [4.78, 5) is 21.6. The smallest absolute Gasteiger partial charge is 0.254 e. The zero-order valence-electron chi connectivity index (χ0n) is 14.5. The molecule has 1 aromatic heterocycles. The molecular formula is C20H24N3O. The molecule has 125 valence electrons. The topological polar surface area (TPSA) is 36.4 Å². The first kappa shape index (κ1) is 16.5. The predicted octanol–water partition coefficient (Wildman–Crippen LogP) is 3.04. The van der Waals surface area contributed by atoms with Gasteiger partial charge < -0.3 is 9.80 Å². The van der Waals surface area contributed by atoms with E-state index < -0.39 is 0 Å². The van der Waals surface area contributed by atoms with Crippen LogP contribution in [0, 0.1) is 20.8 Å². The van der Waals surface area contributed by atoms with Crippen molar-refractivity contribution >= 4 is 11.7 Å². The highest BCUT2D eigenvalue weighted by atomic mass is 16.2. The van der Waals surface area contributed by atoms with Crippen molar-refractivity contribution in [2.45, 2.75) is 20.3 Å². The van der Waals surface area contributed by atoms with E-state index >= 15 is 0 Å². The molecule has 0 unspecified atom stereocenters. The second-order valence-electron chi connectivity index (χ2n) is 6.34. The van der Waals surface area contributed by atoms with E-state index in [1.54, 1.807) is 0 Å². The maximum Gasteiger partial charge on any atom is 0.254 e. The van der Waals surface area contributed by atoms with Crippen molar-refractivity contribution in [3.05, 3.63) is 65.7 Å². The molecule has 24 heavy (non-hydrogen) atoms. The number of amides is 1. The van der Waals surface area contributed by atoms with Crippen molar-refractivity contribution in [1.29, 1.82) is 0 Å². The van der Waals surface area contributed by atoms with Crippen molar-refractivity contribution in [3.63, 3.8) is 0 Å². The summed E-state index contributed by atoms with van der Waals surface area (Å²) in [6.07, 6.45) is 2.54. The van der Waals surface area contributed by atoms with Gasteiger partial charge in [-0.05, 0) is 49.9 Å². The van der Waals surface area contributed by atoms with Crippen LogP contribution in [0.15, 0.2) is 36.5 Å². The average molecular weight is 322 g/mol. The van der Waals surface area contributed by atoms with Gasteiger partial charge >= 0.3 is 0 Å². The number of nitrogens with zero attached hydrogens (tertiary/aromatic N) is 3. The standard InChI is InChI=1S/C20H24N3O/c1-4-17-7-5-6-8-18(17)20(24)23-11-9-22(10-12-23)19-16(3)13-15(2)14-21-19/h5-8,13-14H,1,4,9-12H2,2-3H3. The Morgan fingerprint density at radius 2 is 1.88 bits per heavy atom. The number of rotatable bonds is 3. The van der Waals surface area contributed by atoms with Crippen LogP contribution in [0.4, 0.5) is 5.82 Å². The summed E-state index contributed by atoms with van der Waals surface area (Å²) < 4.78 is 0. The van der Waals surface area contributed by atoms with Gasteiger partial charge in [-0.15, -0.1) is 0 Å². The van der Waals surface area contributed by atoms with Crippen LogP contribution in [0.5, 0.6) is 0 Å². The van der Waals surface area contributed by atoms with Gasteiger partial charge in [-0.25, -0.2) is 4.98 Å². The molecule has 1 amide bonds. The zero-order chi connectivity index (χ0) is 17.1. The van der Waals surface area contributed by atoms with Crippen LogP contribution >= 0.6 is 0 Å². The number of carbonyl (C=O) groups is 1. The van der Waals surface area contributed by atoms with Gasteiger partial charge in [0.25, 0.3) is 5.91 Å². The first-order chi connectivity index (χ1) is 11.6. The summed E-state index contributed by atoms with van der Waals surface area (Å²) >= 11 is 0. The first-order valence-corrected chi connectivity index (χ1v) is 8.44. The van der Waals surface area contributed by atoms with Gasteiger partial charge in [0, 0.05) is 37.9 Å². The third-order valence-corrected chi connectivity index (χ3v) is 4.57. The third kappa shape index (κ3) is 3.28. The van der Waals surface area contributed by atoms with E-state index in [0.29, 0.717) is 6.42 Å². The summed E-state index contributed by atoms with van der Waals surface area (Å²) in [5.74, 6) is 1.15. The molecule has 1 radical (unpaired) electrons. The van der Waals surface area contributed by atoms with Crippen molar-refractivity contribution in [1.82, 2.24) is 9.88 Å². The molecule has 1 aromatic carbocycles. The summed E-state index contributed by atoms with van der Waals surface area (Å²) in [6, 6.07) is 9.92. The molecule has 1 aliphatic heterocycles. The normalized spacial score (nSPS) is 14.8. The lowest BCUT2D eigenvalue weighted by Crippen LogP contribution is -2.49. The van der Waals surface area contributed by atoms with E-state index in [4.69, 9.17) is 0 Å². The molecule has 4 heteroatoms. The van der Waals surface area contributed by atoms with Gasteiger partial charge in [-0.2, -0.15) is 0 Å². The molecule has 0 spiro atoms. The van der Waals surface area contributed by atoms with E-state index in [0.717, 1.165) is 43.1 Å². The van der Waals surface area contributed by atoms with Gasteiger partial charge in [0.05, 0.1) is 0 Å². The predicted molar refractivity (Wildman–Crippen MR) is 97.3 cm³/mol. The molecule has 1 fully saturated rings. The number of hydrogen-bond donors (Lipinski definition) is 0. The fourth-order valence-electron chi connectivity index (χ4n) is 3.28. The number of pyridine rings is 1. The maximum atomic E-state index is 12.8. The number of benzene rings is 1. The molecule has 4 nitrogen and oxygen atoms in total. The van der Waals surface area contributed by atoms with E-state index in [9.17, 15) is 4.79 Å². The summed E-state index contributed by atoms with van der Waals surface area (Å²) in [5, 5.41) is 0. The van der Waals surface area contributed by atoms with Crippen molar-refractivity contribution in [3.8, 4) is 0 Å². The number of anilines is 1. The lowest BCUT2D eigenvalue weighted by atomic mass is 10.0. The number of piperazine rings is 1. The first-order valence-electron chi connectivity index (χ1n) is 8.44. The molecule has 0 N–H and O–H groups in total. The van der Waals surface area contributed by atoms with Crippen LogP contribution in [0.2, 0.25) is 0 Å². The highest BCUT2D eigenvalue weighted by Gasteiger charge is 2.24.